The number of aromatic nitrogens is 8. The van der Waals surface area contributed by atoms with Crippen LogP contribution in [0.15, 0.2) is 48.8 Å². The molecular weight excluding hydrogens is 703 g/mol. The van der Waals surface area contributed by atoms with Crippen LogP contribution < -0.4 is 10.2 Å². The maximum absolute atomic E-state index is 15.1. The summed E-state index contributed by atoms with van der Waals surface area (Å²) in [6.45, 7) is 5.88. The zero-order chi connectivity index (χ0) is 37.2. The number of anilines is 2. The number of carbonyl (C=O) groups is 1. The maximum atomic E-state index is 15.1. The molecule has 7 heterocycles. The molecule has 0 spiro atoms. The molecule has 0 aliphatic carbocycles. The van der Waals surface area contributed by atoms with Crippen molar-refractivity contribution in [1.29, 1.82) is 0 Å². The minimum absolute atomic E-state index is 0.0208. The molecule has 0 unspecified atom stereocenters. The molecule has 3 atom stereocenters. The number of nitrogens with one attached hydrogen (secondary N) is 1. The summed E-state index contributed by atoms with van der Waals surface area (Å²) in [6.07, 6.45) is 3.07. The molecule has 4 aromatic heterocycles. The number of carbonyl (C=O) groups excluding carboxylic acids is 1. The Labute approximate surface area is 307 Å². The van der Waals surface area contributed by atoms with Crippen LogP contribution in [0, 0.1) is 24.4 Å². The van der Waals surface area contributed by atoms with E-state index in [1.54, 1.807) is 24.2 Å². The highest BCUT2D eigenvalue weighted by molar-refractivity contribution is 5.94. The van der Waals surface area contributed by atoms with Crippen LogP contribution in [0.25, 0.3) is 39.0 Å². The predicted octanol–water partition coefficient (Wildman–Crippen LogP) is 4.40. The third kappa shape index (κ3) is 5.87. The normalized spacial score (nSPS) is 20.6. The van der Waals surface area contributed by atoms with Gasteiger partial charge < -0.3 is 29.2 Å². The average Bonchev–Trinajstić information content (AvgIpc) is 3.81. The lowest BCUT2D eigenvalue weighted by molar-refractivity contribution is -0.133. The molecule has 2 aromatic carbocycles. The average molecular weight is 740 g/mol. The molecule has 2 fully saturated rings. The highest BCUT2D eigenvalue weighted by Gasteiger charge is 2.42. The lowest BCUT2D eigenvalue weighted by atomic mass is 10.1. The number of benzene rings is 2. The van der Waals surface area contributed by atoms with E-state index in [1.165, 1.54) is 29.1 Å². The molecule has 54 heavy (non-hydrogen) atoms. The van der Waals surface area contributed by atoms with E-state index in [4.69, 9.17) is 24.4 Å². The summed E-state index contributed by atoms with van der Waals surface area (Å²) in [5.41, 5.74) is 2.59. The predicted molar refractivity (Wildman–Crippen MR) is 192 cm³/mol. The molecule has 278 valence electrons. The molecule has 17 heteroatoms. The summed E-state index contributed by atoms with van der Waals surface area (Å²) in [5.74, 6) is -0.360. The highest BCUT2D eigenvalue weighted by Crippen LogP contribution is 2.36. The summed E-state index contributed by atoms with van der Waals surface area (Å²) in [6, 6.07) is 6.82. The number of aryl methyl sites for hydroxylation is 1. The number of amides is 1. The second-order valence-corrected chi connectivity index (χ2v) is 13.9. The standard InChI is InChI=1S/C37H36F3N11O3/c1-4-54-24-15-48(3)36(52)31-12-23(44-37-41-8-7-28(45-37)25-9-22(39)11-29-32(25)49(16-24)19(2)43-29)14-50(31)34-26-13-42-51(30-6-5-21(38)10-27(30)40)35(26)47-33(46-34)20-17-53-18-20/h5-11,13,20,23-24,31H,4,12,14-18H2,1-3H3,(H,41,44,45)/t23-,24-,31-/m0/s1. The first-order valence-corrected chi connectivity index (χ1v) is 17.8. The van der Waals surface area contributed by atoms with Gasteiger partial charge in [0.25, 0.3) is 0 Å². The van der Waals surface area contributed by atoms with Crippen LogP contribution in [-0.4, -0.2) is 108 Å². The van der Waals surface area contributed by atoms with Gasteiger partial charge in [0.1, 0.15) is 40.8 Å². The van der Waals surface area contributed by atoms with Crippen molar-refractivity contribution in [3.63, 3.8) is 0 Å². The van der Waals surface area contributed by atoms with Crippen molar-refractivity contribution in [2.75, 3.05) is 50.2 Å². The molecular formula is C37H36F3N11O3. The summed E-state index contributed by atoms with van der Waals surface area (Å²) in [4.78, 5) is 42.1. The lowest BCUT2D eigenvalue weighted by Gasteiger charge is -2.32. The van der Waals surface area contributed by atoms with E-state index in [2.05, 4.69) is 20.4 Å². The number of fused-ring (bicyclic) bond motifs is 6. The van der Waals surface area contributed by atoms with Crippen LogP contribution in [0.5, 0.6) is 0 Å². The van der Waals surface area contributed by atoms with Crippen molar-refractivity contribution < 1.29 is 27.4 Å². The second-order valence-electron chi connectivity index (χ2n) is 13.9. The van der Waals surface area contributed by atoms with Crippen molar-refractivity contribution >= 4 is 39.7 Å². The fourth-order valence-electron chi connectivity index (χ4n) is 7.72. The largest absolute Gasteiger partial charge is 0.380 e. The molecule has 0 radical (unpaired) electrons. The smallest absolute Gasteiger partial charge is 0.245 e. The van der Waals surface area contributed by atoms with Crippen molar-refractivity contribution in [3.05, 3.63) is 77.9 Å². The molecule has 1 amide bonds. The first kappa shape index (κ1) is 34.1. The summed E-state index contributed by atoms with van der Waals surface area (Å²) >= 11 is 0. The number of hydrogen-bond donors (Lipinski definition) is 1. The van der Waals surface area contributed by atoms with Gasteiger partial charge >= 0.3 is 0 Å². The fourth-order valence-corrected chi connectivity index (χ4v) is 7.72. The van der Waals surface area contributed by atoms with Gasteiger partial charge in [0, 0.05) is 56.7 Å². The first-order chi connectivity index (χ1) is 26.1. The van der Waals surface area contributed by atoms with Crippen LogP contribution >= 0.6 is 0 Å². The third-order valence-electron chi connectivity index (χ3n) is 10.3. The van der Waals surface area contributed by atoms with E-state index in [9.17, 15) is 9.18 Å². The summed E-state index contributed by atoms with van der Waals surface area (Å²) in [5, 5.41) is 8.39. The van der Waals surface area contributed by atoms with Gasteiger partial charge in [-0.25, -0.2) is 42.8 Å². The van der Waals surface area contributed by atoms with Crippen molar-refractivity contribution in [1.82, 2.24) is 44.2 Å². The number of hydrogen-bond acceptors (Lipinski definition) is 11. The third-order valence-corrected chi connectivity index (χ3v) is 10.3. The zero-order valence-corrected chi connectivity index (χ0v) is 29.7. The minimum atomic E-state index is -0.801. The molecule has 3 aliphatic rings. The Bertz CT molecular complexity index is 2430. The topological polar surface area (TPSA) is 141 Å². The van der Waals surface area contributed by atoms with Gasteiger partial charge in [0.15, 0.2) is 11.5 Å². The number of ether oxygens (including phenoxy) is 2. The molecule has 0 saturated carbocycles. The molecule has 3 aliphatic heterocycles. The first-order valence-electron chi connectivity index (χ1n) is 17.8. The van der Waals surface area contributed by atoms with Gasteiger partial charge in [-0.3, -0.25) is 4.79 Å². The fraction of sp³-hybridized carbons (Fsp3) is 0.378. The monoisotopic (exact) mass is 739 g/mol. The molecule has 14 nitrogen and oxygen atoms in total. The Morgan fingerprint density at radius 3 is 2.63 bits per heavy atom. The SMILES string of the molecule is CCO[C@H]1CN(C)C(=O)[C@@H]2C[C@@H](CN2c2nc(C3COC3)nc3c2cnn3-c2ccc(F)cc2F)Nc2nccc(n2)-c2cc(F)cc3nc(C)n(c23)C1. The minimum Gasteiger partial charge on any atom is -0.380 e. The van der Waals surface area contributed by atoms with E-state index in [1.807, 2.05) is 23.3 Å². The number of halogens is 3. The van der Waals surface area contributed by atoms with Crippen LogP contribution in [0.2, 0.25) is 0 Å². The van der Waals surface area contributed by atoms with E-state index >= 15 is 8.78 Å². The number of likely N-dealkylation sites (N-methyl/N-ethyl adjacent to an activating group) is 1. The van der Waals surface area contributed by atoms with E-state index in [0.29, 0.717) is 96.1 Å². The Hall–Kier alpha value is -5.68. The van der Waals surface area contributed by atoms with Gasteiger partial charge in [-0.15, -0.1) is 0 Å². The quantitative estimate of drug-likeness (QED) is 0.269. The molecule has 4 bridgehead atoms. The molecule has 6 aromatic rings. The molecule has 2 saturated heterocycles. The Kier molecular flexibility index (Phi) is 8.41. The summed E-state index contributed by atoms with van der Waals surface area (Å²) < 4.78 is 59.1. The maximum Gasteiger partial charge on any atom is 0.245 e. The van der Waals surface area contributed by atoms with Gasteiger partial charge in [-0.2, -0.15) is 5.10 Å². The Balaban J connectivity index is 1.17. The zero-order valence-electron chi connectivity index (χ0n) is 29.7. The van der Waals surface area contributed by atoms with Gasteiger partial charge in [-0.05, 0) is 44.5 Å². The number of imidazole rings is 1. The van der Waals surface area contributed by atoms with Crippen molar-refractivity contribution in [2.45, 2.75) is 50.9 Å². The number of rotatable bonds is 5. The van der Waals surface area contributed by atoms with Crippen molar-refractivity contribution in [2.24, 2.45) is 0 Å². The molecule has 1 N–H and O–H groups in total. The Morgan fingerprint density at radius 2 is 1.85 bits per heavy atom. The van der Waals surface area contributed by atoms with E-state index < -0.39 is 29.6 Å². The van der Waals surface area contributed by atoms with E-state index in [-0.39, 0.29) is 30.1 Å². The van der Waals surface area contributed by atoms with Gasteiger partial charge in [0.05, 0.1) is 60.1 Å². The van der Waals surface area contributed by atoms with Crippen LogP contribution in [0.3, 0.4) is 0 Å². The van der Waals surface area contributed by atoms with Crippen molar-refractivity contribution in [3.8, 4) is 16.9 Å². The summed E-state index contributed by atoms with van der Waals surface area (Å²) in [7, 11) is 1.75. The lowest BCUT2D eigenvalue weighted by Crippen LogP contribution is -2.47. The Morgan fingerprint density at radius 1 is 1.00 bits per heavy atom. The van der Waals surface area contributed by atoms with Crippen LogP contribution in [0.4, 0.5) is 24.9 Å². The van der Waals surface area contributed by atoms with Gasteiger partial charge in [0.2, 0.25) is 11.9 Å². The second kappa shape index (κ2) is 13.3. The van der Waals surface area contributed by atoms with Gasteiger partial charge in [-0.1, -0.05) is 0 Å². The highest BCUT2D eigenvalue weighted by atomic mass is 19.1. The van der Waals surface area contributed by atoms with Crippen LogP contribution in [0.1, 0.15) is 30.9 Å². The van der Waals surface area contributed by atoms with Crippen LogP contribution in [-0.2, 0) is 20.8 Å². The number of nitrogens with zero attached hydrogens (tertiary/aromatic N) is 10. The molecule has 9 rings (SSSR count). The van der Waals surface area contributed by atoms with E-state index in [0.717, 1.165) is 12.1 Å².